The maximum absolute atomic E-state index is 13.1. The van der Waals surface area contributed by atoms with E-state index in [4.69, 9.17) is 9.73 Å². The van der Waals surface area contributed by atoms with Crippen LogP contribution in [0.1, 0.15) is 5.56 Å². The minimum Gasteiger partial charge on any atom is -0.494 e. The Morgan fingerprint density at radius 1 is 1.04 bits per heavy atom. The van der Waals surface area contributed by atoms with Crippen molar-refractivity contribution in [1.82, 2.24) is 9.55 Å². The van der Waals surface area contributed by atoms with E-state index in [1.807, 2.05) is 54.6 Å². The third kappa shape index (κ3) is 3.52. The molecular weight excluding hydrogens is 358 g/mol. The van der Waals surface area contributed by atoms with Gasteiger partial charge in [-0.05, 0) is 29.8 Å². The summed E-state index contributed by atoms with van der Waals surface area (Å²) in [7, 11) is 1.61. The zero-order valence-electron chi connectivity index (χ0n) is 14.7. The van der Waals surface area contributed by atoms with Gasteiger partial charge in [-0.15, -0.1) is 0 Å². The van der Waals surface area contributed by atoms with Gasteiger partial charge in [-0.2, -0.15) is 0 Å². The fraction of sp³-hybridized carbons (Fsp3) is 0.0952. The third-order valence-electron chi connectivity index (χ3n) is 4.15. The Morgan fingerprint density at radius 2 is 1.81 bits per heavy atom. The Bertz CT molecular complexity index is 1210. The first-order valence-corrected chi connectivity index (χ1v) is 9.28. The van der Waals surface area contributed by atoms with Crippen molar-refractivity contribution >= 4 is 27.2 Å². The molecule has 4 aromatic rings. The summed E-state index contributed by atoms with van der Waals surface area (Å²) in [5, 5.41) is 0.595. The molecule has 0 saturated heterocycles. The summed E-state index contributed by atoms with van der Waals surface area (Å²) in [6.45, 7) is 0.439. The molecule has 0 atom stereocenters. The Morgan fingerprint density at radius 3 is 2.63 bits per heavy atom. The lowest BCUT2D eigenvalue weighted by atomic mass is 10.2. The van der Waals surface area contributed by atoms with E-state index in [1.165, 1.54) is 11.3 Å². The number of nitrogens with zero attached hydrogens (tertiary/aromatic N) is 3. The van der Waals surface area contributed by atoms with E-state index in [2.05, 4.69) is 4.98 Å². The molecule has 0 saturated carbocycles. The van der Waals surface area contributed by atoms with E-state index < -0.39 is 0 Å². The van der Waals surface area contributed by atoms with E-state index in [-0.39, 0.29) is 5.56 Å². The number of rotatable bonds is 4. The Hall–Kier alpha value is -3.25. The molecule has 0 aliphatic rings. The highest BCUT2D eigenvalue weighted by atomic mass is 32.1. The molecule has 2 heterocycles. The van der Waals surface area contributed by atoms with Gasteiger partial charge in [0.15, 0.2) is 4.80 Å². The topological polar surface area (TPSA) is 56.5 Å². The molecular formula is C21H17N3O2S. The summed E-state index contributed by atoms with van der Waals surface area (Å²) in [6, 6.07) is 21.0. The average molecular weight is 375 g/mol. The lowest BCUT2D eigenvalue weighted by molar-refractivity contribution is 0.416. The Labute approximate surface area is 159 Å². The van der Waals surface area contributed by atoms with E-state index in [1.54, 1.807) is 30.0 Å². The summed E-state index contributed by atoms with van der Waals surface area (Å²) >= 11 is 1.39. The van der Waals surface area contributed by atoms with Crippen molar-refractivity contribution in [3.8, 4) is 5.75 Å². The summed E-state index contributed by atoms with van der Waals surface area (Å²) in [5.74, 6) is 0.657. The minimum absolute atomic E-state index is 0.102. The average Bonchev–Trinajstić information content (AvgIpc) is 2.72. The molecule has 2 aromatic heterocycles. The molecule has 0 fully saturated rings. The highest BCUT2D eigenvalue weighted by molar-refractivity contribution is 7.15. The number of aromatic nitrogens is 2. The first kappa shape index (κ1) is 17.2. The number of ether oxygens (including phenoxy) is 1. The van der Waals surface area contributed by atoms with Gasteiger partial charge in [0, 0.05) is 6.20 Å². The first-order valence-electron chi connectivity index (χ1n) is 8.46. The van der Waals surface area contributed by atoms with Gasteiger partial charge in [0.2, 0.25) is 0 Å². The molecule has 2 aromatic carbocycles. The lowest BCUT2D eigenvalue weighted by Gasteiger charge is -2.09. The van der Waals surface area contributed by atoms with Crippen LogP contribution < -0.4 is 15.1 Å². The highest BCUT2D eigenvalue weighted by Crippen LogP contribution is 2.25. The molecule has 6 heteroatoms. The Balaban J connectivity index is 1.99. The number of pyridine rings is 1. The van der Waals surface area contributed by atoms with Gasteiger partial charge >= 0.3 is 0 Å². The first-order chi connectivity index (χ1) is 13.3. The predicted molar refractivity (Wildman–Crippen MR) is 108 cm³/mol. The van der Waals surface area contributed by atoms with Crippen molar-refractivity contribution in [1.29, 1.82) is 0 Å². The molecule has 4 rings (SSSR count). The summed E-state index contributed by atoms with van der Waals surface area (Å²) in [6.07, 6.45) is 1.69. The number of para-hydroxylation sites is 2. The van der Waals surface area contributed by atoms with Crippen LogP contribution >= 0.6 is 11.3 Å². The number of methoxy groups -OCH3 is 1. The van der Waals surface area contributed by atoms with Gasteiger partial charge in [-0.3, -0.25) is 9.36 Å². The van der Waals surface area contributed by atoms with Crippen LogP contribution in [0.25, 0.3) is 10.2 Å². The fourth-order valence-corrected chi connectivity index (χ4v) is 3.78. The summed E-state index contributed by atoms with van der Waals surface area (Å²) < 4.78 is 7.09. The molecule has 0 radical (unpaired) electrons. The summed E-state index contributed by atoms with van der Waals surface area (Å²) in [4.78, 5) is 23.5. The SMILES string of the molecule is COc1ccccc1N=c1sc2ncccc2c(=O)n1Cc1ccccc1. The van der Waals surface area contributed by atoms with Gasteiger partial charge in [0.1, 0.15) is 16.3 Å². The van der Waals surface area contributed by atoms with Crippen LogP contribution in [-0.4, -0.2) is 16.7 Å². The normalized spacial score (nSPS) is 11.7. The van der Waals surface area contributed by atoms with E-state index in [0.717, 1.165) is 5.56 Å². The number of hydrogen-bond donors (Lipinski definition) is 0. The number of benzene rings is 2. The van der Waals surface area contributed by atoms with Crippen molar-refractivity contribution in [3.05, 3.63) is 93.6 Å². The lowest BCUT2D eigenvalue weighted by Crippen LogP contribution is -2.32. The van der Waals surface area contributed by atoms with Crippen molar-refractivity contribution in [2.24, 2.45) is 4.99 Å². The van der Waals surface area contributed by atoms with Crippen LogP contribution in [-0.2, 0) is 6.54 Å². The van der Waals surface area contributed by atoms with Crippen LogP contribution in [0.3, 0.4) is 0 Å². The van der Waals surface area contributed by atoms with E-state index in [0.29, 0.717) is 33.0 Å². The Kier molecular flexibility index (Phi) is 4.80. The van der Waals surface area contributed by atoms with Crippen molar-refractivity contribution in [2.75, 3.05) is 7.11 Å². The van der Waals surface area contributed by atoms with Crippen molar-refractivity contribution in [2.45, 2.75) is 6.54 Å². The van der Waals surface area contributed by atoms with Gasteiger partial charge in [-0.1, -0.05) is 53.8 Å². The smallest absolute Gasteiger partial charge is 0.263 e. The minimum atomic E-state index is -0.102. The second-order valence-corrected chi connectivity index (χ2v) is 6.86. The molecule has 27 heavy (non-hydrogen) atoms. The molecule has 0 bridgehead atoms. The van der Waals surface area contributed by atoms with Crippen LogP contribution in [0.2, 0.25) is 0 Å². The van der Waals surface area contributed by atoms with Crippen LogP contribution in [0.5, 0.6) is 5.75 Å². The van der Waals surface area contributed by atoms with Gasteiger partial charge in [0.25, 0.3) is 5.56 Å². The zero-order chi connectivity index (χ0) is 18.6. The van der Waals surface area contributed by atoms with Crippen LogP contribution in [0, 0.1) is 0 Å². The maximum atomic E-state index is 13.1. The van der Waals surface area contributed by atoms with Crippen molar-refractivity contribution in [3.63, 3.8) is 0 Å². The monoisotopic (exact) mass is 375 g/mol. The predicted octanol–water partition coefficient (Wildman–Crippen LogP) is 3.75. The summed E-state index contributed by atoms with van der Waals surface area (Å²) in [5.41, 5.74) is 1.61. The van der Waals surface area contributed by atoms with Crippen molar-refractivity contribution < 1.29 is 4.74 Å². The largest absolute Gasteiger partial charge is 0.494 e. The van der Waals surface area contributed by atoms with E-state index in [9.17, 15) is 4.79 Å². The second kappa shape index (κ2) is 7.55. The molecule has 134 valence electrons. The quantitative estimate of drug-likeness (QED) is 0.546. The van der Waals surface area contributed by atoms with E-state index >= 15 is 0 Å². The molecule has 0 N–H and O–H groups in total. The third-order valence-corrected chi connectivity index (χ3v) is 5.16. The molecule has 0 spiro atoms. The number of fused-ring (bicyclic) bond motifs is 1. The highest BCUT2D eigenvalue weighted by Gasteiger charge is 2.09. The van der Waals surface area contributed by atoms with Crippen LogP contribution in [0.4, 0.5) is 5.69 Å². The molecule has 0 aliphatic heterocycles. The zero-order valence-corrected chi connectivity index (χ0v) is 15.5. The van der Waals surface area contributed by atoms with Gasteiger partial charge in [-0.25, -0.2) is 9.98 Å². The van der Waals surface area contributed by atoms with Gasteiger partial charge < -0.3 is 4.74 Å². The van der Waals surface area contributed by atoms with Gasteiger partial charge in [0.05, 0.1) is 19.0 Å². The second-order valence-electron chi connectivity index (χ2n) is 5.90. The molecule has 0 unspecified atom stereocenters. The fourth-order valence-electron chi connectivity index (χ4n) is 2.82. The standard InChI is InChI=1S/C21H17N3O2S/c1-26-18-12-6-5-11-17(18)23-21-24(14-15-8-3-2-4-9-15)20(25)16-10-7-13-22-19(16)27-21/h2-13H,14H2,1H3. The molecule has 5 nitrogen and oxygen atoms in total. The molecule has 0 amide bonds. The van der Waals surface area contributed by atoms with Crippen LogP contribution in [0.15, 0.2) is 82.7 Å². The number of hydrogen-bond acceptors (Lipinski definition) is 5. The molecule has 0 aliphatic carbocycles. The maximum Gasteiger partial charge on any atom is 0.263 e.